The van der Waals surface area contributed by atoms with E-state index in [9.17, 15) is 13.2 Å². The molecule has 0 fully saturated rings. The molecule has 3 aromatic rings. The van der Waals surface area contributed by atoms with Crippen LogP contribution in [0.4, 0.5) is 5.69 Å². The van der Waals surface area contributed by atoms with E-state index in [4.69, 9.17) is 14.2 Å². The number of ether oxygens (including phenoxy) is 3. The number of fused-ring (bicyclic) bond motifs is 1. The average Bonchev–Trinajstić information content (AvgIpc) is 2.88. The fourth-order valence-electron chi connectivity index (χ4n) is 3.86. The molecule has 9 heteroatoms. The van der Waals surface area contributed by atoms with Crippen LogP contribution in [0.5, 0.6) is 17.2 Å². The fourth-order valence-corrected chi connectivity index (χ4v) is 5.28. The first kappa shape index (κ1) is 25.4. The summed E-state index contributed by atoms with van der Waals surface area (Å²) >= 11 is 0. The van der Waals surface area contributed by atoms with Gasteiger partial charge in [-0.2, -0.15) is 0 Å². The molecule has 36 heavy (non-hydrogen) atoms. The summed E-state index contributed by atoms with van der Waals surface area (Å²) < 4.78 is 45.0. The highest BCUT2D eigenvalue weighted by atomic mass is 32.2. The number of hydrogen-bond acceptors (Lipinski definition) is 6. The third kappa shape index (κ3) is 5.73. The van der Waals surface area contributed by atoms with E-state index in [1.54, 1.807) is 24.3 Å². The van der Waals surface area contributed by atoms with Gasteiger partial charge in [0.15, 0.2) is 11.5 Å². The Balaban J connectivity index is 1.56. The third-order valence-electron chi connectivity index (χ3n) is 5.78. The highest BCUT2D eigenvalue weighted by molar-refractivity contribution is 7.92. The molecule has 1 heterocycles. The molecule has 0 aliphatic carbocycles. The van der Waals surface area contributed by atoms with Gasteiger partial charge in [0, 0.05) is 0 Å². The number of nitrogens with zero attached hydrogens (tertiary/aromatic N) is 1. The molecule has 4 rings (SSSR count). The Labute approximate surface area is 211 Å². The van der Waals surface area contributed by atoms with Gasteiger partial charge in [0.05, 0.1) is 23.2 Å². The van der Waals surface area contributed by atoms with Crippen molar-refractivity contribution >= 4 is 21.6 Å². The predicted molar refractivity (Wildman–Crippen MR) is 137 cm³/mol. The topological polar surface area (TPSA) is 94.2 Å². The minimum absolute atomic E-state index is 0.0687. The lowest BCUT2D eigenvalue weighted by molar-refractivity contribution is -0.120. The minimum Gasteiger partial charge on any atom is -0.494 e. The van der Waals surface area contributed by atoms with Crippen molar-refractivity contribution < 1.29 is 27.4 Å². The molecule has 0 saturated heterocycles. The van der Waals surface area contributed by atoms with Crippen molar-refractivity contribution in [3.8, 4) is 17.2 Å². The van der Waals surface area contributed by atoms with E-state index in [2.05, 4.69) is 5.32 Å². The SMILES string of the molecule is CCOc1ccc(S(=O)(=O)N(CC(=O)NC(C)c2ccc3c(c2)OCCO3)c2ccc(C)cc2)cc1. The Hall–Kier alpha value is -3.72. The molecular weight excluding hydrogens is 480 g/mol. The summed E-state index contributed by atoms with van der Waals surface area (Å²) in [5.41, 5.74) is 2.20. The lowest BCUT2D eigenvalue weighted by atomic mass is 10.1. The van der Waals surface area contributed by atoms with Crippen molar-refractivity contribution in [2.24, 2.45) is 0 Å². The average molecular weight is 511 g/mol. The molecule has 0 bridgehead atoms. The van der Waals surface area contributed by atoms with E-state index in [0.717, 1.165) is 15.4 Å². The Morgan fingerprint density at radius 2 is 1.67 bits per heavy atom. The summed E-state index contributed by atoms with van der Waals surface area (Å²) in [6.07, 6.45) is 0. The van der Waals surface area contributed by atoms with Gasteiger partial charge in [0.1, 0.15) is 25.5 Å². The molecule has 1 N–H and O–H groups in total. The summed E-state index contributed by atoms with van der Waals surface area (Å²) in [6.45, 7) is 6.66. The normalized spacial score (nSPS) is 13.5. The summed E-state index contributed by atoms with van der Waals surface area (Å²) in [4.78, 5) is 13.2. The molecule has 190 valence electrons. The molecule has 1 aliphatic heterocycles. The van der Waals surface area contributed by atoms with Gasteiger partial charge in [0.2, 0.25) is 5.91 Å². The van der Waals surface area contributed by atoms with Gasteiger partial charge in [-0.1, -0.05) is 23.8 Å². The second-order valence-corrected chi connectivity index (χ2v) is 10.3. The summed E-state index contributed by atoms with van der Waals surface area (Å²) in [7, 11) is -4.03. The van der Waals surface area contributed by atoms with Gasteiger partial charge in [-0.15, -0.1) is 0 Å². The van der Waals surface area contributed by atoms with E-state index >= 15 is 0 Å². The first-order valence-corrected chi connectivity index (χ1v) is 13.2. The van der Waals surface area contributed by atoms with E-state index in [0.29, 0.717) is 42.8 Å². The number of hydrogen-bond donors (Lipinski definition) is 1. The number of nitrogens with one attached hydrogen (secondary N) is 1. The maximum atomic E-state index is 13.6. The summed E-state index contributed by atoms with van der Waals surface area (Å²) in [5, 5.41) is 2.90. The maximum Gasteiger partial charge on any atom is 0.264 e. The Morgan fingerprint density at radius 3 is 2.33 bits per heavy atom. The zero-order valence-electron chi connectivity index (χ0n) is 20.6. The number of benzene rings is 3. The number of carbonyl (C=O) groups is 1. The van der Waals surface area contributed by atoms with Crippen LogP contribution < -0.4 is 23.8 Å². The molecule has 8 nitrogen and oxygen atoms in total. The molecule has 1 aliphatic rings. The Bertz CT molecular complexity index is 1310. The van der Waals surface area contributed by atoms with E-state index in [-0.39, 0.29) is 17.5 Å². The molecule has 0 saturated carbocycles. The first-order valence-electron chi connectivity index (χ1n) is 11.8. The van der Waals surface area contributed by atoms with Gasteiger partial charge < -0.3 is 19.5 Å². The highest BCUT2D eigenvalue weighted by Gasteiger charge is 2.28. The van der Waals surface area contributed by atoms with Gasteiger partial charge >= 0.3 is 0 Å². The van der Waals surface area contributed by atoms with E-state index in [1.807, 2.05) is 51.1 Å². The molecular formula is C27H30N2O6S. The van der Waals surface area contributed by atoms with Crippen LogP contribution in [0.15, 0.2) is 71.6 Å². The number of rotatable bonds is 9. The van der Waals surface area contributed by atoms with Crippen LogP contribution in [0.2, 0.25) is 0 Å². The Morgan fingerprint density at radius 1 is 1.00 bits per heavy atom. The second kappa shape index (κ2) is 10.9. The van der Waals surface area contributed by atoms with E-state index < -0.39 is 15.9 Å². The quantitative estimate of drug-likeness (QED) is 0.463. The van der Waals surface area contributed by atoms with Crippen molar-refractivity contribution in [1.82, 2.24) is 5.32 Å². The number of sulfonamides is 1. The first-order chi connectivity index (χ1) is 17.3. The molecule has 1 atom stereocenters. The number of anilines is 1. The van der Waals surface area contributed by atoms with Crippen LogP contribution in [-0.4, -0.2) is 40.7 Å². The lowest BCUT2D eigenvalue weighted by Crippen LogP contribution is -2.41. The van der Waals surface area contributed by atoms with Crippen LogP contribution in [0.3, 0.4) is 0 Å². The van der Waals surface area contributed by atoms with Gasteiger partial charge in [-0.3, -0.25) is 9.10 Å². The fraction of sp³-hybridized carbons (Fsp3) is 0.296. The lowest BCUT2D eigenvalue weighted by Gasteiger charge is -2.26. The maximum absolute atomic E-state index is 13.6. The van der Waals surface area contributed by atoms with Crippen LogP contribution >= 0.6 is 0 Å². The number of amides is 1. The molecule has 0 spiro atoms. The monoisotopic (exact) mass is 510 g/mol. The van der Waals surface area contributed by atoms with Crippen LogP contribution in [0, 0.1) is 6.92 Å². The zero-order valence-corrected chi connectivity index (χ0v) is 21.4. The van der Waals surface area contributed by atoms with Crippen molar-refractivity contribution in [3.05, 3.63) is 77.9 Å². The summed E-state index contributed by atoms with van der Waals surface area (Å²) in [6, 6.07) is 18.3. The number of aryl methyl sites for hydroxylation is 1. The van der Waals surface area contributed by atoms with Crippen LogP contribution in [0.1, 0.15) is 31.0 Å². The van der Waals surface area contributed by atoms with Crippen LogP contribution in [0.25, 0.3) is 0 Å². The van der Waals surface area contributed by atoms with Crippen molar-refractivity contribution in [1.29, 1.82) is 0 Å². The summed E-state index contributed by atoms with van der Waals surface area (Å²) in [5.74, 6) is 1.42. The largest absolute Gasteiger partial charge is 0.494 e. The molecule has 1 unspecified atom stereocenters. The second-order valence-electron chi connectivity index (χ2n) is 8.44. The smallest absolute Gasteiger partial charge is 0.264 e. The van der Waals surface area contributed by atoms with Crippen molar-refractivity contribution in [2.75, 3.05) is 30.7 Å². The van der Waals surface area contributed by atoms with Crippen LogP contribution in [-0.2, 0) is 14.8 Å². The minimum atomic E-state index is -4.03. The molecule has 0 radical (unpaired) electrons. The van der Waals surface area contributed by atoms with Gasteiger partial charge in [-0.05, 0) is 74.9 Å². The standard InChI is InChI=1S/C27H30N2O6S/c1-4-33-23-10-12-24(13-11-23)36(31,32)29(22-8-5-19(2)6-9-22)18-27(30)28-20(3)21-7-14-25-26(17-21)35-16-15-34-25/h5-14,17,20H,4,15-16,18H2,1-3H3,(H,28,30). The van der Waals surface area contributed by atoms with Gasteiger partial charge in [-0.25, -0.2) is 8.42 Å². The van der Waals surface area contributed by atoms with E-state index in [1.165, 1.54) is 12.1 Å². The third-order valence-corrected chi connectivity index (χ3v) is 7.56. The van der Waals surface area contributed by atoms with Crippen molar-refractivity contribution in [2.45, 2.75) is 31.7 Å². The highest BCUT2D eigenvalue weighted by Crippen LogP contribution is 2.32. The molecule has 1 amide bonds. The molecule has 0 aromatic heterocycles. The predicted octanol–water partition coefficient (Wildman–Crippen LogP) is 4.24. The van der Waals surface area contributed by atoms with Crippen molar-refractivity contribution in [3.63, 3.8) is 0 Å². The molecule has 3 aromatic carbocycles. The van der Waals surface area contributed by atoms with Gasteiger partial charge in [0.25, 0.3) is 10.0 Å². The Kier molecular flexibility index (Phi) is 7.69. The zero-order chi connectivity index (χ0) is 25.7. The number of carbonyl (C=O) groups excluding carboxylic acids is 1.